The van der Waals surface area contributed by atoms with Crippen LogP contribution in [0.1, 0.15) is 44.7 Å². The molecule has 0 amide bonds. The summed E-state index contributed by atoms with van der Waals surface area (Å²) in [5, 5.41) is 16.5. The fourth-order valence-corrected chi connectivity index (χ4v) is 1.46. The zero-order chi connectivity index (χ0) is 11.8. The largest absolute Gasteiger partial charge is 0.481 e. The fraction of sp³-hybridized carbons (Fsp3) is 0.727. The smallest absolute Gasteiger partial charge is 0.303 e. The van der Waals surface area contributed by atoms with E-state index in [1.807, 2.05) is 10.9 Å². The average molecular weight is 225 g/mol. The van der Waals surface area contributed by atoms with Gasteiger partial charge in [-0.25, -0.2) is 0 Å². The zero-order valence-corrected chi connectivity index (χ0v) is 9.72. The van der Waals surface area contributed by atoms with E-state index < -0.39 is 5.97 Å². The highest BCUT2D eigenvalue weighted by molar-refractivity contribution is 5.66. The summed E-state index contributed by atoms with van der Waals surface area (Å²) in [4.78, 5) is 10.3. The molecule has 1 heterocycles. The van der Waals surface area contributed by atoms with Crippen molar-refractivity contribution in [2.24, 2.45) is 0 Å². The van der Waals surface area contributed by atoms with Gasteiger partial charge < -0.3 is 5.11 Å². The summed E-state index contributed by atoms with van der Waals surface area (Å²) in [6.07, 6.45) is 6.84. The van der Waals surface area contributed by atoms with E-state index in [0.717, 1.165) is 37.9 Å². The van der Waals surface area contributed by atoms with Crippen LogP contribution in [0, 0.1) is 0 Å². The molecule has 5 heteroatoms. The maximum atomic E-state index is 10.3. The quantitative estimate of drug-likeness (QED) is 0.686. The van der Waals surface area contributed by atoms with Crippen molar-refractivity contribution in [1.82, 2.24) is 15.0 Å². The number of carbonyl (C=O) groups is 1. The number of unbranched alkanes of at least 4 members (excludes halogenated alkanes) is 2. The molecule has 0 unspecified atom stereocenters. The van der Waals surface area contributed by atoms with Gasteiger partial charge in [0.2, 0.25) is 0 Å². The summed E-state index contributed by atoms with van der Waals surface area (Å²) in [5.74, 6) is -0.730. The molecule has 0 saturated heterocycles. The number of aliphatic carboxylic acids is 1. The molecular weight excluding hydrogens is 206 g/mol. The molecule has 0 radical (unpaired) electrons. The first-order chi connectivity index (χ1) is 7.72. The van der Waals surface area contributed by atoms with Crippen molar-refractivity contribution < 1.29 is 9.90 Å². The average Bonchev–Trinajstić information content (AvgIpc) is 2.69. The fourth-order valence-electron chi connectivity index (χ4n) is 1.46. The summed E-state index contributed by atoms with van der Waals surface area (Å²) in [5.41, 5.74) is 0.960. The van der Waals surface area contributed by atoms with Crippen LogP contribution in [0.2, 0.25) is 0 Å². The molecule has 0 saturated carbocycles. The molecule has 90 valence electrons. The Labute approximate surface area is 95.5 Å². The Kier molecular flexibility index (Phi) is 5.53. The van der Waals surface area contributed by atoms with Gasteiger partial charge in [0.25, 0.3) is 0 Å². The number of hydrogen-bond acceptors (Lipinski definition) is 3. The van der Waals surface area contributed by atoms with Crippen LogP contribution in [0.5, 0.6) is 0 Å². The van der Waals surface area contributed by atoms with Gasteiger partial charge in [0.15, 0.2) is 0 Å². The summed E-state index contributed by atoms with van der Waals surface area (Å²) < 4.78 is 1.86. The van der Waals surface area contributed by atoms with E-state index in [-0.39, 0.29) is 6.42 Å². The first-order valence-electron chi connectivity index (χ1n) is 5.83. The predicted octanol–water partition coefficient (Wildman–Crippen LogP) is 1.88. The third-order valence-electron chi connectivity index (χ3n) is 2.40. The molecule has 0 aromatic carbocycles. The van der Waals surface area contributed by atoms with E-state index in [2.05, 4.69) is 17.2 Å². The van der Waals surface area contributed by atoms with Gasteiger partial charge in [-0.05, 0) is 25.7 Å². The highest BCUT2D eigenvalue weighted by Crippen LogP contribution is 2.04. The topological polar surface area (TPSA) is 68.0 Å². The molecule has 1 rings (SSSR count). The highest BCUT2D eigenvalue weighted by atomic mass is 16.4. The SMILES string of the molecule is CCCCn1cc(CCCCC(=O)O)nn1. The van der Waals surface area contributed by atoms with Gasteiger partial charge >= 0.3 is 5.97 Å². The van der Waals surface area contributed by atoms with Gasteiger partial charge in [-0.1, -0.05) is 18.6 Å². The lowest BCUT2D eigenvalue weighted by molar-refractivity contribution is -0.137. The maximum Gasteiger partial charge on any atom is 0.303 e. The summed E-state index contributed by atoms with van der Waals surface area (Å²) in [7, 11) is 0. The number of aromatic nitrogens is 3. The second kappa shape index (κ2) is 6.98. The van der Waals surface area contributed by atoms with E-state index in [9.17, 15) is 4.79 Å². The van der Waals surface area contributed by atoms with Crippen molar-refractivity contribution in [3.8, 4) is 0 Å². The monoisotopic (exact) mass is 225 g/mol. The molecule has 0 spiro atoms. The van der Waals surface area contributed by atoms with Crippen LogP contribution in [-0.4, -0.2) is 26.1 Å². The molecule has 5 nitrogen and oxygen atoms in total. The molecular formula is C11H19N3O2. The third kappa shape index (κ3) is 4.91. The zero-order valence-electron chi connectivity index (χ0n) is 9.72. The Hall–Kier alpha value is -1.39. The van der Waals surface area contributed by atoms with Crippen LogP contribution in [0.25, 0.3) is 0 Å². The maximum absolute atomic E-state index is 10.3. The summed E-state index contributed by atoms with van der Waals surface area (Å²) in [6.45, 7) is 3.06. The Morgan fingerprint density at radius 2 is 2.25 bits per heavy atom. The van der Waals surface area contributed by atoms with Crippen LogP contribution in [0.4, 0.5) is 0 Å². The minimum Gasteiger partial charge on any atom is -0.481 e. The molecule has 0 aliphatic carbocycles. The third-order valence-corrected chi connectivity index (χ3v) is 2.40. The Bertz CT molecular complexity index is 323. The van der Waals surface area contributed by atoms with E-state index in [1.165, 1.54) is 0 Å². The van der Waals surface area contributed by atoms with Gasteiger partial charge in [-0.15, -0.1) is 5.10 Å². The van der Waals surface area contributed by atoms with E-state index in [0.29, 0.717) is 6.42 Å². The Morgan fingerprint density at radius 1 is 1.44 bits per heavy atom. The van der Waals surface area contributed by atoms with Gasteiger partial charge in [0.05, 0.1) is 5.69 Å². The summed E-state index contributed by atoms with van der Waals surface area (Å²) in [6, 6.07) is 0. The first-order valence-corrected chi connectivity index (χ1v) is 5.83. The number of rotatable bonds is 8. The van der Waals surface area contributed by atoms with E-state index in [4.69, 9.17) is 5.11 Å². The van der Waals surface area contributed by atoms with E-state index >= 15 is 0 Å². The van der Waals surface area contributed by atoms with Crippen molar-refractivity contribution in [3.63, 3.8) is 0 Å². The predicted molar refractivity (Wildman–Crippen MR) is 60.1 cm³/mol. The lowest BCUT2D eigenvalue weighted by Gasteiger charge is -1.96. The van der Waals surface area contributed by atoms with Gasteiger partial charge in [0, 0.05) is 19.2 Å². The molecule has 0 fully saturated rings. The lowest BCUT2D eigenvalue weighted by atomic mass is 10.1. The van der Waals surface area contributed by atoms with Crippen molar-refractivity contribution >= 4 is 5.97 Å². The second-order valence-corrected chi connectivity index (χ2v) is 3.93. The van der Waals surface area contributed by atoms with Crippen LogP contribution >= 0.6 is 0 Å². The van der Waals surface area contributed by atoms with Crippen LogP contribution in [0.3, 0.4) is 0 Å². The van der Waals surface area contributed by atoms with Crippen LogP contribution in [-0.2, 0) is 17.8 Å². The molecule has 0 bridgehead atoms. The molecule has 1 aromatic rings. The van der Waals surface area contributed by atoms with Crippen molar-refractivity contribution in [1.29, 1.82) is 0 Å². The molecule has 16 heavy (non-hydrogen) atoms. The lowest BCUT2D eigenvalue weighted by Crippen LogP contribution is -1.97. The first kappa shape index (κ1) is 12.7. The summed E-state index contributed by atoms with van der Waals surface area (Å²) >= 11 is 0. The van der Waals surface area contributed by atoms with E-state index in [1.54, 1.807) is 0 Å². The number of hydrogen-bond donors (Lipinski definition) is 1. The molecule has 1 N–H and O–H groups in total. The van der Waals surface area contributed by atoms with Gasteiger partial charge in [-0.3, -0.25) is 9.48 Å². The number of nitrogens with zero attached hydrogens (tertiary/aromatic N) is 3. The molecule has 1 aromatic heterocycles. The second-order valence-electron chi connectivity index (χ2n) is 3.93. The Balaban J connectivity index is 2.21. The van der Waals surface area contributed by atoms with Crippen molar-refractivity contribution in [2.75, 3.05) is 0 Å². The molecule has 0 aliphatic heterocycles. The van der Waals surface area contributed by atoms with Crippen LogP contribution in [0.15, 0.2) is 6.20 Å². The van der Waals surface area contributed by atoms with Crippen molar-refractivity contribution in [2.45, 2.75) is 52.0 Å². The number of carboxylic acid groups (broad SMARTS) is 1. The standard InChI is InChI=1S/C11H19N3O2/c1-2-3-8-14-9-10(12-13-14)6-4-5-7-11(15)16/h9H,2-8H2,1H3,(H,15,16). The molecule has 0 aliphatic rings. The van der Waals surface area contributed by atoms with Gasteiger partial charge in [0.1, 0.15) is 0 Å². The highest BCUT2D eigenvalue weighted by Gasteiger charge is 2.01. The normalized spacial score (nSPS) is 10.6. The van der Waals surface area contributed by atoms with Gasteiger partial charge in [-0.2, -0.15) is 0 Å². The minimum absolute atomic E-state index is 0.240. The number of carboxylic acids is 1. The minimum atomic E-state index is -0.730. The molecule has 0 atom stereocenters. The number of aryl methyl sites for hydroxylation is 2. The Morgan fingerprint density at radius 3 is 2.94 bits per heavy atom. The van der Waals surface area contributed by atoms with Crippen LogP contribution < -0.4 is 0 Å². The van der Waals surface area contributed by atoms with Crippen molar-refractivity contribution in [3.05, 3.63) is 11.9 Å².